The molecule has 1 aliphatic heterocycles. The Labute approximate surface area is 108 Å². The zero-order chi connectivity index (χ0) is 13.0. The fourth-order valence-corrected chi connectivity index (χ4v) is 2.27. The smallest absolute Gasteiger partial charge is 0.144 e. The van der Waals surface area contributed by atoms with Crippen molar-refractivity contribution in [3.8, 4) is 5.75 Å². The number of hydrogen-bond acceptors (Lipinski definition) is 4. The Hall–Kier alpha value is -1.42. The van der Waals surface area contributed by atoms with Crippen molar-refractivity contribution in [2.24, 2.45) is 0 Å². The summed E-state index contributed by atoms with van der Waals surface area (Å²) < 4.78 is 11.0. The van der Waals surface area contributed by atoms with Gasteiger partial charge < -0.3 is 20.5 Å². The van der Waals surface area contributed by atoms with Crippen molar-refractivity contribution in [2.75, 3.05) is 30.9 Å². The molecular formula is C14H22N2O2. The van der Waals surface area contributed by atoms with Gasteiger partial charge in [0.15, 0.2) is 0 Å². The third-order valence-electron chi connectivity index (χ3n) is 3.20. The molecule has 0 bridgehead atoms. The second-order valence-corrected chi connectivity index (χ2v) is 5.03. The molecule has 1 heterocycles. The largest absolute Gasteiger partial charge is 0.492 e. The number of nitrogens with one attached hydrogen (secondary N) is 1. The summed E-state index contributed by atoms with van der Waals surface area (Å²) in [6.45, 7) is 6.36. The van der Waals surface area contributed by atoms with Crippen LogP contribution >= 0.6 is 0 Å². The van der Waals surface area contributed by atoms with Crippen molar-refractivity contribution in [1.29, 1.82) is 0 Å². The Morgan fingerprint density at radius 3 is 3.00 bits per heavy atom. The fourth-order valence-electron chi connectivity index (χ4n) is 2.27. The molecule has 1 aromatic carbocycles. The van der Waals surface area contributed by atoms with E-state index in [4.69, 9.17) is 15.2 Å². The number of ether oxygens (including phenoxy) is 2. The maximum absolute atomic E-state index is 5.86. The van der Waals surface area contributed by atoms with E-state index >= 15 is 0 Å². The highest BCUT2D eigenvalue weighted by Gasteiger charge is 2.27. The quantitative estimate of drug-likeness (QED) is 0.807. The van der Waals surface area contributed by atoms with Gasteiger partial charge in [0, 0.05) is 18.4 Å². The first-order valence-corrected chi connectivity index (χ1v) is 6.51. The van der Waals surface area contributed by atoms with E-state index in [1.165, 1.54) is 0 Å². The van der Waals surface area contributed by atoms with E-state index in [0.29, 0.717) is 12.3 Å². The average molecular weight is 250 g/mol. The second-order valence-electron chi connectivity index (χ2n) is 5.03. The fraction of sp³-hybridized carbons (Fsp3) is 0.571. The minimum atomic E-state index is -0.00213. The van der Waals surface area contributed by atoms with Gasteiger partial charge in [0.1, 0.15) is 5.75 Å². The zero-order valence-electron chi connectivity index (χ0n) is 11.2. The van der Waals surface area contributed by atoms with E-state index in [-0.39, 0.29) is 5.54 Å². The second kappa shape index (κ2) is 5.48. The van der Waals surface area contributed by atoms with Crippen molar-refractivity contribution in [3.05, 3.63) is 18.2 Å². The van der Waals surface area contributed by atoms with Gasteiger partial charge in [-0.1, -0.05) is 0 Å². The average Bonchev–Trinajstić information content (AvgIpc) is 2.34. The number of rotatable bonds is 4. The molecule has 0 radical (unpaired) electrons. The summed E-state index contributed by atoms with van der Waals surface area (Å²) in [6, 6.07) is 5.82. The van der Waals surface area contributed by atoms with Gasteiger partial charge in [0.05, 0.1) is 24.4 Å². The molecule has 4 heteroatoms. The van der Waals surface area contributed by atoms with Crippen molar-refractivity contribution in [2.45, 2.75) is 32.2 Å². The number of hydrogen-bond donors (Lipinski definition) is 2. The molecular weight excluding hydrogens is 228 g/mol. The molecule has 1 aromatic rings. The highest BCUT2D eigenvalue weighted by atomic mass is 16.5. The molecule has 4 nitrogen and oxygen atoms in total. The van der Waals surface area contributed by atoms with Crippen LogP contribution in [0.4, 0.5) is 11.4 Å². The molecule has 100 valence electrons. The van der Waals surface area contributed by atoms with Crippen LogP contribution in [0.2, 0.25) is 0 Å². The van der Waals surface area contributed by atoms with Crippen LogP contribution in [0.5, 0.6) is 5.75 Å². The minimum Gasteiger partial charge on any atom is -0.492 e. The van der Waals surface area contributed by atoms with E-state index in [0.717, 1.165) is 37.5 Å². The predicted octanol–water partition coefficient (Wildman–Crippen LogP) is 2.65. The summed E-state index contributed by atoms with van der Waals surface area (Å²) in [5.41, 5.74) is 7.56. The topological polar surface area (TPSA) is 56.5 Å². The summed E-state index contributed by atoms with van der Waals surface area (Å²) in [5.74, 6) is 0.739. The van der Waals surface area contributed by atoms with Crippen LogP contribution in [-0.2, 0) is 4.74 Å². The Bertz CT molecular complexity index is 401. The van der Waals surface area contributed by atoms with Gasteiger partial charge in [0.2, 0.25) is 0 Å². The monoisotopic (exact) mass is 250 g/mol. The molecule has 0 aromatic heterocycles. The number of nitrogens with two attached hydrogens (primary N) is 1. The molecule has 3 N–H and O–H groups in total. The van der Waals surface area contributed by atoms with Gasteiger partial charge in [-0.3, -0.25) is 0 Å². The molecule has 2 rings (SSSR count). The highest BCUT2D eigenvalue weighted by Crippen LogP contribution is 2.29. The minimum absolute atomic E-state index is 0.00213. The summed E-state index contributed by atoms with van der Waals surface area (Å²) >= 11 is 0. The van der Waals surface area contributed by atoms with Crippen molar-refractivity contribution in [3.63, 3.8) is 0 Å². The molecule has 18 heavy (non-hydrogen) atoms. The molecule has 1 saturated heterocycles. The maximum Gasteiger partial charge on any atom is 0.144 e. The molecule has 1 fully saturated rings. The van der Waals surface area contributed by atoms with Crippen LogP contribution in [0, 0.1) is 0 Å². The molecule has 1 aliphatic rings. The Morgan fingerprint density at radius 1 is 1.50 bits per heavy atom. The van der Waals surface area contributed by atoms with Gasteiger partial charge in [-0.25, -0.2) is 0 Å². The number of anilines is 2. The predicted molar refractivity (Wildman–Crippen MR) is 74.1 cm³/mol. The Balaban J connectivity index is 2.10. The molecule has 0 spiro atoms. The van der Waals surface area contributed by atoms with Crippen molar-refractivity contribution in [1.82, 2.24) is 0 Å². The summed E-state index contributed by atoms with van der Waals surface area (Å²) in [4.78, 5) is 0. The van der Waals surface area contributed by atoms with Crippen molar-refractivity contribution < 1.29 is 9.47 Å². The number of nitrogen functional groups attached to an aromatic ring is 1. The van der Waals surface area contributed by atoms with Gasteiger partial charge in [0.25, 0.3) is 0 Å². The molecule has 0 aliphatic carbocycles. The molecule has 0 saturated carbocycles. The van der Waals surface area contributed by atoms with Gasteiger partial charge in [-0.05, 0) is 38.8 Å². The standard InChI is InChI=1S/C14H22N2O2/c1-3-18-13-9-11(5-6-12(13)15)16-14(2)7-4-8-17-10-14/h5-6,9,16H,3-4,7-8,10,15H2,1-2H3. The van der Waals surface area contributed by atoms with Gasteiger partial charge >= 0.3 is 0 Å². The van der Waals surface area contributed by atoms with E-state index in [1.807, 2.05) is 25.1 Å². The van der Waals surface area contributed by atoms with E-state index in [1.54, 1.807) is 0 Å². The first-order valence-electron chi connectivity index (χ1n) is 6.51. The lowest BCUT2D eigenvalue weighted by Gasteiger charge is -2.35. The molecule has 1 unspecified atom stereocenters. The number of benzene rings is 1. The first kappa shape index (κ1) is 13.0. The van der Waals surface area contributed by atoms with E-state index in [2.05, 4.69) is 12.2 Å². The van der Waals surface area contributed by atoms with Crippen molar-refractivity contribution >= 4 is 11.4 Å². The van der Waals surface area contributed by atoms with E-state index in [9.17, 15) is 0 Å². The van der Waals surface area contributed by atoms with Gasteiger partial charge in [-0.15, -0.1) is 0 Å². The maximum atomic E-state index is 5.86. The third kappa shape index (κ3) is 3.07. The van der Waals surface area contributed by atoms with E-state index < -0.39 is 0 Å². The highest BCUT2D eigenvalue weighted by molar-refractivity contribution is 5.62. The van der Waals surface area contributed by atoms with Crippen LogP contribution in [0.3, 0.4) is 0 Å². The Morgan fingerprint density at radius 2 is 2.33 bits per heavy atom. The first-order chi connectivity index (χ1) is 8.63. The third-order valence-corrected chi connectivity index (χ3v) is 3.20. The van der Waals surface area contributed by atoms with Crippen LogP contribution in [-0.4, -0.2) is 25.4 Å². The van der Waals surface area contributed by atoms with Gasteiger partial charge in [-0.2, -0.15) is 0 Å². The lowest BCUT2D eigenvalue weighted by Crippen LogP contribution is -2.43. The SMILES string of the molecule is CCOc1cc(NC2(C)CCCOC2)ccc1N. The summed E-state index contributed by atoms with van der Waals surface area (Å²) in [6.07, 6.45) is 2.21. The lowest BCUT2D eigenvalue weighted by atomic mass is 9.94. The lowest BCUT2D eigenvalue weighted by molar-refractivity contribution is 0.0540. The summed E-state index contributed by atoms with van der Waals surface area (Å²) in [5, 5.41) is 3.52. The normalized spacial score (nSPS) is 23.7. The van der Waals surface area contributed by atoms with Crippen LogP contribution < -0.4 is 15.8 Å². The molecule has 0 amide bonds. The van der Waals surface area contributed by atoms with Crippen LogP contribution in [0.15, 0.2) is 18.2 Å². The Kier molecular flexibility index (Phi) is 3.97. The summed E-state index contributed by atoms with van der Waals surface area (Å²) in [7, 11) is 0. The van der Waals surface area contributed by atoms with Crippen LogP contribution in [0.1, 0.15) is 26.7 Å². The van der Waals surface area contributed by atoms with Crippen LogP contribution in [0.25, 0.3) is 0 Å². The molecule has 1 atom stereocenters. The zero-order valence-corrected chi connectivity index (χ0v) is 11.2.